The molecule has 0 saturated carbocycles. The van der Waals surface area contributed by atoms with Gasteiger partial charge in [0.1, 0.15) is 5.82 Å². The predicted molar refractivity (Wildman–Crippen MR) is 104 cm³/mol. The minimum absolute atomic E-state index is 0.455. The lowest BCUT2D eigenvalue weighted by atomic mass is 10.1. The number of nitrogens with zero attached hydrogens (tertiary/aromatic N) is 4. The van der Waals surface area contributed by atoms with E-state index in [2.05, 4.69) is 49.1 Å². The molecule has 0 unspecified atom stereocenters. The fraction of sp³-hybridized carbons (Fsp3) is 0.250. The van der Waals surface area contributed by atoms with E-state index in [4.69, 9.17) is 5.73 Å². The first-order chi connectivity index (χ1) is 12.7. The highest BCUT2D eigenvalue weighted by Crippen LogP contribution is 2.09. The van der Waals surface area contributed by atoms with E-state index in [0.29, 0.717) is 19.0 Å². The van der Waals surface area contributed by atoms with E-state index in [1.807, 2.05) is 37.5 Å². The van der Waals surface area contributed by atoms with E-state index in [0.717, 1.165) is 30.0 Å². The summed E-state index contributed by atoms with van der Waals surface area (Å²) in [5, 5.41) is 3.14. The number of nitrogens with two attached hydrogens (primary N) is 1. The molecule has 0 aliphatic rings. The van der Waals surface area contributed by atoms with Crippen LogP contribution < -0.4 is 11.1 Å². The quantitative estimate of drug-likeness (QED) is 0.507. The van der Waals surface area contributed by atoms with E-state index in [9.17, 15) is 0 Å². The number of hydrogen-bond donors (Lipinski definition) is 2. The Bertz CT molecular complexity index is 854. The minimum atomic E-state index is 0.455. The second-order valence-electron chi connectivity index (χ2n) is 6.12. The zero-order valence-corrected chi connectivity index (χ0v) is 15.0. The number of benzene rings is 1. The van der Waals surface area contributed by atoms with Gasteiger partial charge in [0.25, 0.3) is 0 Å². The molecule has 0 radical (unpaired) electrons. The van der Waals surface area contributed by atoms with Gasteiger partial charge in [0.05, 0.1) is 6.54 Å². The van der Waals surface area contributed by atoms with Crippen LogP contribution in [0.25, 0.3) is 0 Å². The van der Waals surface area contributed by atoms with E-state index in [1.165, 1.54) is 5.56 Å². The molecule has 2 heterocycles. The first kappa shape index (κ1) is 17.7. The summed E-state index contributed by atoms with van der Waals surface area (Å²) in [6, 6.07) is 14.3. The number of nitrogens with one attached hydrogen (secondary N) is 1. The van der Waals surface area contributed by atoms with Crippen molar-refractivity contribution >= 4 is 5.96 Å². The Labute approximate surface area is 153 Å². The van der Waals surface area contributed by atoms with Crippen molar-refractivity contribution in [1.29, 1.82) is 0 Å². The van der Waals surface area contributed by atoms with Gasteiger partial charge in [-0.2, -0.15) is 0 Å². The summed E-state index contributed by atoms with van der Waals surface area (Å²) in [5.74, 6) is 1.46. The number of pyridine rings is 1. The molecular formula is C20H24N6. The molecule has 0 saturated heterocycles. The van der Waals surface area contributed by atoms with Crippen LogP contribution in [0, 0.1) is 6.92 Å². The average Bonchev–Trinajstić information content (AvgIpc) is 3.06. The monoisotopic (exact) mass is 348 g/mol. The highest BCUT2D eigenvalue weighted by molar-refractivity contribution is 5.77. The number of aromatic nitrogens is 3. The van der Waals surface area contributed by atoms with E-state index in [1.54, 1.807) is 6.20 Å². The molecule has 6 heteroatoms. The van der Waals surface area contributed by atoms with Gasteiger partial charge in [0.15, 0.2) is 5.96 Å². The Kier molecular flexibility index (Phi) is 5.98. The Morgan fingerprint density at radius 3 is 2.77 bits per heavy atom. The van der Waals surface area contributed by atoms with Crippen molar-refractivity contribution in [2.24, 2.45) is 10.7 Å². The lowest BCUT2D eigenvalue weighted by molar-refractivity contribution is 0.760. The summed E-state index contributed by atoms with van der Waals surface area (Å²) in [4.78, 5) is 13.0. The van der Waals surface area contributed by atoms with Crippen molar-refractivity contribution < 1.29 is 0 Å². The fourth-order valence-electron chi connectivity index (χ4n) is 2.69. The smallest absolute Gasteiger partial charge is 0.188 e. The van der Waals surface area contributed by atoms with Crippen LogP contribution in [0.3, 0.4) is 0 Å². The molecule has 0 amide bonds. The van der Waals surface area contributed by atoms with E-state index in [-0.39, 0.29) is 0 Å². The van der Waals surface area contributed by atoms with Crippen molar-refractivity contribution in [3.05, 3.63) is 83.7 Å². The molecule has 3 N–H and O–H groups in total. The first-order valence-electron chi connectivity index (χ1n) is 8.70. The summed E-state index contributed by atoms with van der Waals surface area (Å²) in [7, 11) is 0. The maximum absolute atomic E-state index is 5.96. The van der Waals surface area contributed by atoms with Crippen LogP contribution in [0.15, 0.2) is 66.0 Å². The number of aliphatic imine (C=N–C) groups is 1. The lowest BCUT2D eigenvalue weighted by Gasteiger charge is -2.08. The third kappa shape index (κ3) is 5.17. The Hall–Kier alpha value is -3.15. The first-order valence-corrected chi connectivity index (χ1v) is 8.70. The summed E-state index contributed by atoms with van der Waals surface area (Å²) in [6.07, 6.45) is 6.42. The number of imidazole rings is 1. The van der Waals surface area contributed by atoms with Crippen molar-refractivity contribution in [2.45, 2.75) is 26.4 Å². The second kappa shape index (κ2) is 8.80. The lowest BCUT2D eigenvalue weighted by Crippen LogP contribution is -2.33. The zero-order chi connectivity index (χ0) is 18.2. The number of hydrogen-bond acceptors (Lipinski definition) is 3. The molecule has 0 aliphatic carbocycles. The van der Waals surface area contributed by atoms with Crippen molar-refractivity contribution in [3.8, 4) is 0 Å². The molecule has 3 aromatic rings. The zero-order valence-electron chi connectivity index (χ0n) is 15.0. The summed E-state index contributed by atoms with van der Waals surface area (Å²) < 4.78 is 2.12. The summed E-state index contributed by atoms with van der Waals surface area (Å²) >= 11 is 0. The van der Waals surface area contributed by atoms with Crippen molar-refractivity contribution in [2.75, 3.05) is 6.54 Å². The van der Waals surface area contributed by atoms with Crippen LogP contribution in [0.4, 0.5) is 0 Å². The van der Waals surface area contributed by atoms with Gasteiger partial charge in [-0.05, 0) is 30.2 Å². The van der Waals surface area contributed by atoms with Gasteiger partial charge in [-0.3, -0.25) is 4.98 Å². The topological polar surface area (TPSA) is 81.1 Å². The number of guanidine groups is 1. The van der Waals surface area contributed by atoms with Crippen LogP contribution in [0.5, 0.6) is 0 Å². The molecule has 3 rings (SSSR count). The standard InChI is InChI=1S/C20H24N6/c1-16-22-11-12-26(16)15-18-6-4-5-17(13-18)14-25-20(21)24-10-8-19-7-2-3-9-23-19/h2-7,9,11-13H,8,10,14-15H2,1H3,(H3,21,24,25). The third-order valence-corrected chi connectivity index (χ3v) is 4.11. The molecule has 0 spiro atoms. The van der Waals surface area contributed by atoms with Crippen LogP contribution in [-0.2, 0) is 19.5 Å². The van der Waals surface area contributed by atoms with Gasteiger partial charge in [0.2, 0.25) is 0 Å². The summed E-state index contributed by atoms with van der Waals surface area (Å²) in [5.41, 5.74) is 9.35. The SMILES string of the molecule is Cc1nccn1Cc1cccc(CN=C(N)NCCc2ccccn2)c1. The molecule has 0 bridgehead atoms. The molecule has 0 fully saturated rings. The van der Waals surface area contributed by atoms with Gasteiger partial charge in [-0.1, -0.05) is 30.3 Å². The Morgan fingerprint density at radius 2 is 2.00 bits per heavy atom. The highest BCUT2D eigenvalue weighted by atomic mass is 15.1. The van der Waals surface area contributed by atoms with Crippen LogP contribution >= 0.6 is 0 Å². The van der Waals surface area contributed by atoms with Gasteiger partial charge in [-0.25, -0.2) is 9.98 Å². The van der Waals surface area contributed by atoms with Crippen LogP contribution in [-0.4, -0.2) is 27.0 Å². The van der Waals surface area contributed by atoms with Gasteiger partial charge >= 0.3 is 0 Å². The predicted octanol–water partition coefficient (Wildman–Crippen LogP) is 2.28. The second-order valence-corrected chi connectivity index (χ2v) is 6.12. The van der Waals surface area contributed by atoms with Crippen LogP contribution in [0.1, 0.15) is 22.6 Å². The average molecular weight is 348 g/mol. The maximum Gasteiger partial charge on any atom is 0.188 e. The highest BCUT2D eigenvalue weighted by Gasteiger charge is 2.01. The normalized spacial score (nSPS) is 11.5. The largest absolute Gasteiger partial charge is 0.370 e. The molecule has 1 aromatic carbocycles. The van der Waals surface area contributed by atoms with Crippen molar-refractivity contribution in [1.82, 2.24) is 19.9 Å². The molecule has 0 atom stereocenters. The van der Waals surface area contributed by atoms with Crippen LogP contribution in [0.2, 0.25) is 0 Å². The van der Waals surface area contributed by atoms with E-state index < -0.39 is 0 Å². The molecule has 0 aliphatic heterocycles. The summed E-state index contributed by atoms with van der Waals surface area (Å²) in [6.45, 7) is 4.08. The molecule has 6 nitrogen and oxygen atoms in total. The molecule has 2 aromatic heterocycles. The van der Waals surface area contributed by atoms with E-state index >= 15 is 0 Å². The Balaban J connectivity index is 1.51. The maximum atomic E-state index is 5.96. The fourth-order valence-corrected chi connectivity index (χ4v) is 2.69. The van der Waals surface area contributed by atoms with Gasteiger partial charge < -0.3 is 15.6 Å². The van der Waals surface area contributed by atoms with Crippen molar-refractivity contribution in [3.63, 3.8) is 0 Å². The third-order valence-electron chi connectivity index (χ3n) is 4.11. The molecule has 26 heavy (non-hydrogen) atoms. The molecular weight excluding hydrogens is 324 g/mol. The van der Waals surface area contributed by atoms with Gasteiger partial charge in [0, 0.05) is 43.8 Å². The number of rotatable bonds is 7. The Morgan fingerprint density at radius 1 is 1.12 bits per heavy atom. The van der Waals surface area contributed by atoms with Gasteiger partial charge in [-0.15, -0.1) is 0 Å². The number of aryl methyl sites for hydroxylation is 1. The molecule has 134 valence electrons. The minimum Gasteiger partial charge on any atom is -0.370 e.